The van der Waals surface area contributed by atoms with Crippen LogP contribution in [0.2, 0.25) is 5.02 Å². The first-order valence-corrected chi connectivity index (χ1v) is 7.21. The van der Waals surface area contributed by atoms with Crippen LogP contribution in [-0.4, -0.2) is 10.8 Å². The van der Waals surface area contributed by atoms with Crippen LogP contribution in [0.4, 0.5) is 5.69 Å². The highest BCUT2D eigenvalue weighted by Gasteiger charge is 2.19. The first kappa shape index (κ1) is 13.1. The molecule has 0 amide bonds. The molecule has 100 valence electrons. The van der Waals surface area contributed by atoms with E-state index in [0.717, 1.165) is 15.8 Å². The lowest BCUT2D eigenvalue weighted by atomic mass is 10.1. The SMILES string of the molecule is Cc1ccnc2sc(C(=O)c3cccc(Cl)c3)c(N)c12. The Kier molecular flexibility index (Phi) is 3.20. The monoisotopic (exact) mass is 302 g/mol. The maximum atomic E-state index is 12.5. The number of nitrogen functional groups attached to an aromatic ring is 1. The normalized spacial score (nSPS) is 10.9. The Morgan fingerprint density at radius 1 is 1.35 bits per heavy atom. The predicted molar refractivity (Wildman–Crippen MR) is 83.7 cm³/mol. The van der Waals surface area contributed by atoms with E-state index < -0.39 is 0 Å². The predicted octanol–water partition coefficient (Wildman–Crippen LogP) is 4.07. The van der Waals surface area contributed by atoms with Crippen molar-refractivity contribution in [2.75, 3.05) is 5.73 Å². The van der Waals surface area contributed by atoms with E-state index in [9.17, 15) is 4.79 Å². The van der Waals surface area contributed by atoms with Crippen LogP contribution in [0.15, 0.2) is 36.5 Å². The van der Waals surface area contributed by atoms with Crippen molar-refractivity contribution in [3.8, 4) is 0 Å². The number of aryl methyl sites for hydroxylation is 1. The van der Waals surface area contributed by atoms with E-state index >= 15 is 0 Å². The zero-order chi connectivity index (χ0) is 14.3. The Balaban J connectivity index is 2.18. The van der Waals surface area contributed by atoms with Crippen molar-refractivity contribution in [1.82, 2.24) is 4.98 Å². The standard InChI is InChI=1S/C15H11ClN2OS/c1-8-5-6-18-15-11(8)12(17)14(20-15)13(19)9-3-2-4-10(16)7-9/h2-7H,17H2,1H3. The molecule has 0 bridgehead atoms. The van der Waals surface area contributed by atoms with Crippen molar-refractivity contribution in [3.63, 3.8) is 0 Å². The molecular weight excluding hydrogens is 292 g/mol. The lowest BCUT2D eigenvalue weighted by molar-refractivity contribution is 0.104. The number of aromatic nitrogens is 1. The third-order valence-electron chi connectivity index (χ3n) is 3.13. The molecular formula is C15H11ClN2OS. The van der Waals surface area contributed by atoms with Crippen LogP contribution in [0.1, 0.15) is 20.8 Å². The second kappa shape index (κ2) is 4.89. The van der Waals surface area contributed by atoms with E-state index in [0.29, 0.717) is 21.2 Å². The van der Waals surface area contributed by atoms with Gasteiger partial charge in [0.25, 0.3) is 0 Å². The number of halogens is 1. The number of hydrogen-bond acceptors (Lipinski definition) is 4. The molecule has 5 heteroatoms. The summed E-state index contributed by atoms with van der Waals surface area (Å²) in [5.74, 6) is -0.118. The topological polar surface area (TPSA) is 56.0 Å². The summed E-state index contributed by atoms with van der Waals surface area (Å²) >= 11 is 7.25. The molecule has 0 unspecified atom stereocenters. The van der Waals surface area contributed by atoms with Crippen LogP contribution in [0.3, 0.4) is 0 Å². The fourth-order valence-corrected chi connectivity index (χ4v) is 3.43. The lowest BCUT2D eigenvalue weighted by Crippen LogP contribution is -2.02. The number of hydrogen-bond donors (Lipinski definition) is 1. The molecule has 3 nitrogen and oxygen atoms in total. The van der Waals surface area contributed by atoms with Gasteiger partial charge in [-0.1, -0.05) is 23.7 Å². The quantitative estimate of drug-likeness (QED) is 0.726. The van der Waals surface area contributed by atoms with Crippen molar-refractivity contribution in [2.45, 2.75) is 6.92 Å². The van der Waals surface area contributed by atoms with Gasteiger partial charge in [-0.15, -0.1) is 11.3 Å². The Morgan fingerprint density at radius 3 is 2.85 bits per heavy atom. The van der Waals surface area contributed by atoms with Gasteiger partial charge in [0.15, 0.2) is 0 Å². The molecule has 0 spiro atoms. The van der Waals surface area contributed by atoms with Gasteiger partial charge in [-0.2, -0.15) is 0 Å². The summed E-state index contributed by atoms with van der Waals surface area (Å²) in [7, 11) is 0. The molecule has 20 heavy (non-hydrogen) atoms. The number of rotatable bonds is 2. The largest absolute Gasteiger partial charge is 0.397 e. The van der Waals surface area contributed by atoms with Gasteiger partial charge in [0.2, 0.25) is 5.78 Å². The van der Waals surface area contributed by atoms with Crippen molar-refractivity contribution in [3.05, 3.63) is 57.6 Å². The van der Waals surface area contributed by atoms with E-state index in [1.165, 1.54) is 11.3 Å². The van der Waals surface area contributed by atoms with Crippen LogP contribution in [0.25, 0.3) is 10.2 Å². The first-order chi connectivity index (χ1) is 9.58. The third kappa shape index (κ3) is 2.07. The highest BCUT2D eigenvalue weighted by atomic mass is 35.5. The highest BCUT2D eigenvalue weighted by molar-refractivity contribution is 7.21. The summed E-state index contributed by atoms with van der Waals surface area (Å²) in [5.41, 5.74) is 8.19. The van der Waals surface area contributed by atoms with Gasteiger partial charge < -0.3 is 5.73 Å². The fourth-order valence-electron chi connectivity index (χ4n) is 2.13. The number of carbonyl (C=O) groups is 1. The molecule has 3 aromatic rings. The van der Waals surface area contributed by atoms with E-state index in [-0.39, 0.29) is 5.78 Å². The molecule has 0 saturated carbocycles. The second-order valence-electron chi connectivity index (χ2n) is 4.49. The number of benzene rings is 1. The summed E-state index contributed by atoms with van der Waals surface area (Å²) in [6, 6.07) is 8.76. The van der Waals surface area contributed by atoms with Gasteiger partial charge in [-0.25, -0.2) is 4.98 Å². The average Bonchev–Trinajstić information content (AvgIpc) is 2.76. The number of fused-ring (bicyclic) bond motifs is 1. The van der Waals surface area contributed by atoms with Crippen LogP contribution < -0.4 is 5.73 Å². The molecule has 0 fully saturated rings. The Hall–Kier alpha value is -1.91. The molecule has 1 aromatic carbocycles. The Labute approximate surface area is 125 Å². The molecule has 2 aromatic heterocycles. The number of carbonyl (C=O) groups excluding carboxylic acids is 1. The molecule has 0 radical (unpaired) electrons. The highest BCUT2D eigenvalue weighted by Crippen LogP contribution is 2.35. The van der Waals surface area contributed by atoms with Gasteiger partial charge in [-0.05, 0) is 30.7 Å². The smallest absolute Gasteiger partial charge is 0.205 e. The summed E-state index contributed by atoms with van der Waals surface area (Å²) in [5, 5.41) is 1.40. The van der Waals surface area contributed by atoms with Crippen molar-refractivity contribution in [1.29, 1.82) is 0 Å². The number of thiophene rings is 1. The number of ketones is 1. The summed E-state index contributed by atoms with van der Waals surface area (Å²) in [6.07, 6.45) is 1.72. The molecule has 2 N–H and O–H groups in total. The third-order valence-corrected chi connectivity index (χ3v) is 4.48. The minimum atomic E-state index is -0.118. The fraction of sp³-hybridized carbons (Fsp3) is 0.0667. The second-order valence-corrected chi connectivity index (χ2v) is 5.93. The van der Waals surface area contributed by atoms with E-state index in [2.05, 4.69) is 4.98 Å². The molecule has 0 aliphatic rings. The van der Waals surface area contributed by atoms with Gasteiger partial charge in [-0.3, -0.25) is 4.79 Å². The van der Waals surface area contributed by atoms with Crippen LogP contribution in [0, 0.1) is 6.92 Å². The van der Waals surface area contributed by atoms with Gasteiger partial charge >= 0.3 is 0 Å². The van der Waals surface area contributed by atoms with Gasteiger partial charge in [0, 0.05) is 22.2 Å². The van der Waals surface area contributed by atoms with Crippen molar-refractivity contribution < 1.29 is 4.79 Å². The van der Waals surface area contributed by atoms with Crippen molar-refractivity contribution in [2.24, 2.45) is 0 Å². The maximum absolute atomic E-state index is 12.5. The van der Waals surface area contributed by atoms with Gasteiger partial charge in [0.05, 0.1) is 5.69 Å². The number of nitrogens with two attached hydrogens (primary N) is 1. The molecule has 0 saturated heterocycles. The molecule has 0 aliphatic carbocycles. The van der Waals surface area contributed by atoms with Crippen LogP contribution >= 0.6 is 22.9 Å². The number of pyridine rings is 1. The summed E-state index contributed by atoms with van der Waals surface area (Å²) < 4.78 is 0. The molecule has 0 atom stereocenters. The Morgan fingerprint density at radius 2 is 2.15 bits per heavy atom. The van der Waals surface area contributed by atoms with E-state index in [1.54, 1.807) is 30.5 Å². The summed E-state index contributed by atoms with van der Waals surface area (Å²) in [6.45, 7) is 1.96. The minimum absolute atomic E-state index is 0.118. The molecule has 2 heterocycles. The number of anilines is 1. The zero-order valence-electron chi connectivity index (χ0n) is 10.7. The number of nitrogens with zero attached hydrogens (tertiary/aromatic N) is 1. The van der Waals surface area contributed by atoms with Crippen molar-refractivity contribution >= 4 is 44.6 Å². The van der Waals surface area contributed by atoms with E-state index in [1.807, 2.05) is 13.0 Å². The zero-order valence-corrected chi connectivity index (χ0v) is 12.3. The molecule has 0 aliphatic heterocycles. The van der Waals surface area contributed by atoms with Gasteiger partial charge in [0.1, 0.15) is 9.71 Å². The van der Waals surface area contributed by atoms with E-state index in [4.69, 9.17) is 17.3 Å². The molecule has 3 rings (SSSR count). The Bertz CT molecular complexity index is 826. The lowest BCUT2D eigenvalue weighted by Gasteiger charge is -2.01. The summed E-state index contributed by atoms with van der Waals surface area (Å²) in [4.78, 5) is 18.1. The van der Waals surface area contributed by atoms with Crippen LogP contribution in [0.5, 0.6) is 0 Å². The first-order valence-electron chi connectivity index (χ1n) is 6.02. The average molecular weight is 303 g/mol. The minimum Gasteiger partial charge on any atom is -0.397 e. The maximum Gasteiger partial charge on any atom is 0.205 e. The van der Waals surface area contributed by atoms with Crippen LogP contribution in [-0.2, 0) is 0 Å².